The molecule has 1 fully saturated rings. The Bertz CT molecular complexity index is 556. The van der Waals surface area contributed by atoms with Gasteiger partial charge in [-0.2, -0.15) is 0 Å². The third-order valence-electron chi connectivity index (χ3n) is 3.35. The lowest BCUT2D eigenvalue weighted by Gasteiger charge is -2.28. The minimum atomic E-state index is -0.126. The summed E-state index contributed by atoms with van der Waals surface area (Å²) in [6.07, 6.45) is 0.839. The maximum absolute atomic E-state index is 11.8. The van der Waals surface area contributed by atoms with Crippen molar-refractivity contribution in [2.45, 2.75) is 19.8 Å². The zero-order valence-corrected chi connectivity index (χ0v) is 12.7. The van der Waals surface area contributed by atoms with Crippen LogP contribution < -0.4 is 10.5 Å². The van der Waals surface area contributed by atoms with Gasteiger partial charge in [-0.25, -0.2) is 0 Å². The summed E-state index contributed by atoms with van der Waals surface area (Å²) in [5, 5.41) is 0. The summed E-state index contributed by atoms with van der Waals surface area (Å²) in [7, 11) is 0. The van der Waals surface area contributed by atoms with Crippen molar-refractivity contribution in [3.8, 4) is 5.75 Å². The van der Waals surface area contributed by atoms with Gasteiger partial charge in [0.25, 0.3) is 0 Å². The summed E-state index contributed by atoms with van der Waals surface area (Å²) in [6, 6.07) is 7.12. The molecule has 5 nitrogen and oxygen atoms in total. The van der Waals surface area contributed by atoms with Crippen molar-refractivity contribution in [2.24, 2.45) is 11.7 Å². The summed E-state index contributed by atoms with van der Waals surface area (Å²) >= 11 is 4.90. The van der Waals surface area contributed by atoms with E-state index in [4.69, 9.17) is 22.7 Å². The maximum atomic E-state index is 11.8. The number of thiocarbonyl (C=S) groups is 1. The maximum Gasteiger partial charge on any atom is 0.229 e. The summed E-state index contributed by atoms with van der Waals surface area (Å²) < 4.78 is 5.56. The van der Waals surface area contributed by atoms with Gasteiger partial charge in [-0.15, -0.1) is 0 Å². The Morgan fingerprint density at radius 2 is 2.05 bits per heavy atom. The van der Waals surface area contributed by atoms with Gasteiger partial charge in [0.15, 0.2) is 0 Å². The number of imide groups is 1. The molecule has 0 atom stereocenters. The molecule has 2 N–H and O–H groups in total. The van der Waals surface area contributed by atoms with E-state index >= 15 is 0 Å². The Balaban J connectivity index is 1.89. The molecule has 0 unspecified atom stereocenters. The molecule has 0 aliphatic carbocycles. The van der Waals surface area contributed by atoms with Crippen molar-refractivity contribution in [3.05, 3.63) is 29.8 Å². The van der Waals surface area contributed by atoms with Crippen molar-refractivity contribution < 1.29 is 14.3 Å². The van der Waals surface area contributed by atoms with Gasteiger partial charge in [-0.1, -0.05) is 31.3 Å². The molecule has 6 heteroatoms. The van der Waals surface area contributed by atoms with Crippen LogP contribution in [0.3, 0.4) is 0 Å². The van der Waals surface area contributed by atoms with E-state index in [1.165, 1.54) is 4.90 Å². The van der Waals surface area contributed by atoms with Gasteiger partial charge in [0, 0.05) is 18.4 Å². The third kappa shape index (κ3) is 4.01. The number of nitrogens with two attached hydrogens (primary N) is 1. The third-order valence-corrected chi connectivity index (χ3v) is 3.59. The molecule has 1 aliphatic rings. The number of amides is 2. The Labute approximate surface area is 129 Å². The lowest BCUT2D eigenvalue weighted by molar-refractivity contribution is -0.150. The van der Waals surface area contributed by atoms with Crippen LogP contribution in [-0.2, 0) is 9.59 Å². The minimum Gasteiger partial charge on any atom is -0.492 e. The molecule has 2 rings (SSSR count). The SMILES string of the molecule is CC1CC(=O)N(CCOc2cccc(C(N)=S)c2)C(=O)C1. The van der Waals surface area contributed by atoms with Crippen molar-refractivity contribution in [3.63, 3.8) is 0 Å². The molecule has 1 aliphatic heterocycles. The molecule has 1 heterocycles. The van der Waals surface area contributed by atoms with Crippen LogP contribution in [0, 0.1) is 5.92 Å². The smallest absolute Gasteiger partial charge is 0.229 e. The molecule has 21 heavy (non-hydrogen) atoms. The van der Waals surface area contributed by atoms with Crippen molar-refractivity contribution in [1.29, 1.82) is 0 Å². The fraction of sp³-hybridized carbons (Fsp3) is 0.400. The van der Waals surface area contributed by atoms with E-state index < -0.39 is 0 Å². The average Bonchev–Trinajstić information content (AvgIpc) is 2.42. The average molecular weight is 306 g/mol. The first kappa shape index (κ1) is 15.4. The minimum absolute atomic E-state index is 0.126. The molecule has 2 amide bonds. The zero-order valence-electron chi connectivity index (χ0n) is 11.9. The fourth-order valence-corrected chi connectivity index (χ4v) is 2.40. The van der Waals surface area contributed by atoms with Crippen LogP contribution >= 0.6 is 12.2 Å². The lowest BCUT2D eigenvalue weighted by Crippen LogP contribution is -2.44. The highest BCUT2D eigenvalue weighted by Gasteiger charge is 2.29. The summed E-state index contributed by atoms with van der Waals surface area (Å²) in [4.78, 5) is 25.2. The lowest BCUT2D eigenvalue weighted by atomic mass is 9.98. The van der Waals surface area contributed by atoms with Gasteiger partial charge in [-0.05, 0) is 18.1 Å². The molecule has 1 aromatic carbocycles. The van der Waals surface area contributed by atoms with Crippen molar-refractivity contribution in [2.75, 3.05) is 13.2 Å². The predicted octanol–water partition coefficient (Wildman–Crippen LogP) is 1.48. The van der Waals surface area contributed by atoms with E-state index in [1.54, 1.807) is 24.3 Å². The Kier molecular flexibility index (Phi) is 4.90. The number of carbonyl (C=O) groups excluding carboxylic acids is 2. The Hall–Kier alpha value is -1.95. The van der Waals surface area contributed by atoms with E-state index in [0.29, 0.717) is 23.6 Å². The van der Waals surface area contributed by atoms with E-state index in [9.17, 15) is 9.59 Å². The second-order valence-corrected chi connectivity index (χ2v) is 5.63. The number of benzene rings is 1. The topological polar surface area (TPSA) is 72.6 Å². The molecule has 0 saturated carbocycles. The number of likely N-dealkylation sites (tertiary alicyclic amines) is 1. The highest BCUT2D eigenvalue weighted by Crippen LogP contribution is 2.19. The molecule has 1 saturated heterocycles. The second-order valence-electron chi connectivity index (χ2n) is 5.19. The Morgan fingerprint density at radius 3 is 2.67 bits per heavy atom. The first-order valence-electron chi connectivity index (χ1n) is 6.83. The van der Waals surface area contributed by atoms with E-state index in [-0.39, 0.29) is 30.9 Å². The van der Waals surface area contributed by atoms with Crippen LogP contribution in [0.1, 0.15) is 25.3 Å². The van der Waals surface area contributed by atoms with E-state index in [2.05, 4.69) is 0 Å². The predicted molar refractivity (Wildman–Crippen MR) is 82.9 cm³/mol. The molecule has 0 aromatic heterocycles. The van der Waals surface area contributed by atoms with Crippen LogP contribution in [0.15, 0.2) is 24.3 Å². The van der Waals surface area contributed by atoms with Gasteiger partial charge >= 0.3 is 0 Å². The van der Waals surface area contributed by atoms with Crippen LogP contribution in [0.4, 0.5) is 0 Å². The van der Waals surface area contributed by atoms with Gasteiger partial charge in [0.1, 0.15) is 17.3 Å². The number of ether oxygens (including phenoxy) is 1. The normalized spacial score (nSPS) is 16.1. The molecular weight excluding hydrogens is 288 g/mol. The highest BCUT2D eigenvalue weighted by molar-refractivity contribution is 7.80. The number of hydrogen-bond acceptors (Lipinski definition) is 4. The largest absolute Gasteiger partial charge is 0.492 e. The molecule has 0 radical (unpaired) electrons. The monoisotopic (exact) mass is 306 g/mol. The van der Waals surface area contributed by atoms with Crippen LogP contribution in [0.2, 0.25) is 0 Å². The fourth-order valence-electron chi connectivity index (χ4n) is 2.27. The van der Waals surface area contributed by atoms with Gasteiger partial charge < -0.3 is 10.5 Å². The van der Waals surface area contributed by atoms with Gasteiger partial charge in [-0.3, -0.25) is 14.5 Å². The molecule has 112 valence electrons. The van der Waals surface area contributed by atoms with Gasteiger partial charge in [0.05, 0.1) is 6.54 Å². The number of carbonyl (C=O) groups is 2. The highest BCUT2D eigenvalue weighted by atomic mass is 32.1. The van der Waals surface area contributed by atoms with Crippen LogP contribution in [-0.4, -0.2) is 34.9 Å². The quantitative estimate of drug-likeness (QED) is 0.659. The first-order valence-corrected chi connectivity index (χ1v) is 7.24. The van der Waals surface area contributed by atoms with E-state index in [1.807, 2.05) is 6.92 Å². The van der Waals surface area contributed by atoms with Crippen LogP contribution in [0.25, 0.3) is 0 Å². The van der Waals surface area contributed by atoms with Crippen molar-refractivity contribution >= 4 is 29.0 Å². The molecular formula is C15H18N2O3S. The second kappa shape index (κ2) is 6.67. The molecule has 0 bridgehead atoms. The first-order chi connectivity index (χ1) is 9.97. The standard InChI is InChI=1S/C15H18N2O3S/c1-10-7-13(18)17(14(19)8-10)5-6-20-12-4-2-3-11(9-12)15(16)21/h2-4,9-10H,5-8H2,1H3,(H2,16,21). The zero-order chi connectivity index (χ0) is 15.4. The van der Waals surface area contributed by atoms with Gasteiger partial charge in [0.2, 0.25) is 11.8 Å². The number of rotatable bonds is 5. The molecule has 0 spiro atoms. The summed E-state index contributed by atoms with van der Waals surface area (Å²) in [6.45, 7) is 2.43. The summed E-state index contributed by atoms with van der Waals surface area (Å²) in [5.41, 5.74) is 6.28. The summed E-state index contributed by atoms with van der Waals surface area (Å²) in [5.74, 6) is 0.494. The van der Waals surface area contributed by atoms with Crippen LogP contribution in [0.5, 0.6) is 5.75 Å². The van der Waals surface area contributed by atoms with Crippen molar-refractivity contribution in [1.82, 2.24) is 4.90 Å². The number of nitrogens with zero attached hydrogens (tertiary/aromatic N) is 1. The molecule has 1 aromatic rings. The Morgan fingerprint density at radius 1 is 1.38 bits per heavy atom. The number of piperidine rings is 1. The number of hydrogen-bond donors (Lipinski definition) is 1. The van der Waals surface area contributed by atoms with E-state index in [0.717, 1.165) is 5.56 Å².